The van der Waals surface area contributed by atoms with Gasteiger partial charge in [0.05, 0.1) is 0 Å². The zero-order valence-corrected chi connectivity index (χ0v) is 12.6. The number of hydrogen-bond donors (Lipinski definition) is 2. The van der Waals surface area contributed by atoms with Gasteiger partial charge in [-0.25, -0.2) is 4.98 Å². The van der Waals surface area contributed by atoms with Gasteiger partial charge in [-0.05, 0) is 38.9 Å². The summed E-state index contributed by atoms with van der Waals surface area (Å²) < 4.78 is 0. The van der Waals surface area contributed by atoms with Crippen molar-refractivity contribution in [1.29, 1.82) is 0 Å². The molecule has 102 valence electrons. The number of aryl methyl sites for hydroxylation is 3. The van der Waals surface area contributed by atoms with Crippen molar-refractivity contribution in [3.8, 4) is 0 Å². The molecule has 0 aliphatic carbocycles. The number of benzene rings is 1. The lowest BCUT2D eigenvalue weighted by atomic mass is 10.0. The van der Waals surface area contributed by atoms with Gasteiger partial charge < -0.3 is 5.32 Å². The van der Waals surface area contributed by atoms with Crippen LogP contribution in [-0.4, -0.2) is 28.0 Å². The predicted molar refractivity (Wildman–Crippen MR) is 79.6 cm³/mol. The van der Waals surface area contributed by atoms with Crippen molar-refractivity contribution in [2.24, 2.45) is 0 Å². The van der Waals surface area contributed by atoms with E-state index in [1.807, 2.05) is 14.0 Å². The van der Waals surface area contributed by atoms with E-state index in [2.05, 4.69) is 52.5 Å². The smallest absolute Gasteiger partial charge is 0.208 e. The van der Waals surface area contributed by atoms with Crippen LogP contribution in [0.25, 0.3) is 0 Å². The van der Waals surface area contributed by atoms with E-state index >= 15 is 0 Å². The SMILES string of the molecule is CNC(CSc1n[nH]c(C)n1)c1ccc(C)cc1C. The molecule has 0 aliphatic rings. The minimum atomic E-state index is 0.310. The van der Waals surface area contributed by atoms with Gasteiger partial charge in [-0.3, -0.25) is 5.10 Å². The highest BCUT2D eigenvalue weighted by atomic mass is 32.2. The second kappa shape index (κ2) is 6.21. The quantitative estimate of drug-likeness (QED) is 0.825. The van der Waals surface area contributed by atoms with Crippen molar-refractivity contribution in [1.82, 2.24) is 20.5 Å². The Bertz CT molecular complexity index is 550. The fourth-order valence-corrected chi connectivity index (χ4v) is 3.06. The molecule has 0 spiro atoms. The van der Waals surface area contributed by atoms with Crippen molar-refractivity contribution < 1.29 is 0 Å². The van der Waals surface area contributed by atoms with Crippen LogP contribution in [0.3, 0.4) is 0 Å². The van der Waals surface area contributed by atoms with Gasteiger partial charge in [0.25, 0.3) is 0 Å². The summed E-state index contributed by atoms with van der Waals surface area (Å²) in [5, 5.41) is 11.2. The monoisotopic (exact) mass is 276 g/mol. The first-order chi connectivity index (χ1) is 9.10. The number of thioether (sulfide) groups is 1. The predicted octanol–water partition coefficient (Wildman–Crippen LogP) is 2.78. The van der Waals surface area contributed by atoms with Crippen LogP contribution in [0.1, 0.15) is 28.6 Å². The summed E-state index contributed by atoms with van der Waals surface area (Å²) in [6.45, 7) is 6.20. The lowest BCUT2D eigenvalue weighted by Gasteiger charge is -2.18. The Morgan fingerprint density at radius 3 is 2.68 bits per heavy atom. The molecule has 19 heavy (non-hydrogen) atoms. The second-order valence-electron chi connectivity index (χ2n) is 4.72. The highest BCUT2D eigenvalue weighted by Gasteiger charge is 2.13. The van der Waals surface area contributed by atoms with E-state index in [-0.39, 0.29) is 0 Å². The summed E-state index contributed by atoms with van der Waals surface area (Å²) >= 11 is 1.67. The first kappa shape index (κ1) is 14.1. The molecule has 0 radical (unpaired) electrons. The van der Waals surface area contributed by atoms with Crippen molar-refractivity contribution in [3.63, 3.8) is 0 Å². The van der Waals surface area contributed by atoms with E-state index < -0.39 is 0 Å². The number of aromatic amines is 1. The average molecular weight is 276 g/mol. The molecule has 1 aromatic heterocycles. The van der Waals surface area contributed by atoms with Crippen LogP contribution in [0, 0.1) is 20.8 Å². The molecular weight excluding hydrogens is 256 g/mol. The first-order valence-corrected chi connectivity index (χ1v) is 7.35. The summed E-state index contributed by atoms with van der Waals surface area (Å²) in [4.78, 5) is 4.32. The van der Waals surface area contributed by atoms with E-state index in [0.29, 0.717) is 6.04 Å². The first-order valence-electron chi connectivity index (χ1n) is 6.36. The number of nitrogens with zero attached hydrogens (tertiary/aromatic N) is 2. The number of aromatic nitrogens is 3. The zero-order chi connectivity index (χ0) is 13.8. The van der Waals surface area contributed by atoms with E-state index in [9.17, 15) is 0 Å². The zero-order valence-electron chi connectivity index (χ0n) is 11.8. The van der Waals surface area contributed by atoms with Crippen LogP contribution >= 0.6 is 11.8 Å². The number of nitrogens with one attached hydrogen (secondary N) is 2. The molecule has 1 unspecified atom stereocenters. The highest BCUT2D eigenvalue weighted by molar-refractivity contribution is 7.99. The molecule has 0 saturated carbocycles. The van der Waals surface area contributed by atoms with Crippen LogP contribution in [0.15, 0.2) is 23.4 Å². The summed E-state index contributed by atoms with van der Waals surface area (Å²) in [6.07, 6.45) is 0. The van der Waals surface area contributed by atoms with Gasteiger partial charge in [0.1, 0.15) is 5.82 Å². The van der Waals surface area contributed by atoms with Crippen molar-refractivity contribution >= 4 is 11.8 Å². The molecule has 1 aromatic carbocycles. The summed E-state index contributed by atoms with van der Waals surface area (Å²) in [7, 11) is 1.99. The van der Waals surface area contributed by atoms with E-state index in [4.69, 9.17) is 0 Å². The fraction of sp³-hybridized carbons (Fsp3) is 0.429. The lowest BCUT2D eigenvalue weighted by molar-refractivity contribution is 0.657. The Kier molecular flexibility index (Phi) is 4.61. The third-order valence-corrected chi connectivity index (χ3v) is 4.05. The van der Waals surface area contributed by atoms with E-state index in [1.54, 1.807) is 11.8 Å². The Morgan fingerprint density at radius 1 is 1.32 bits per heavy atom. The molecule has 0 fully saturated rings. The van der Waals surface area contributed by atoms with Gasteiger partial charge in [0.2, 0.25) is 5.16 Å². The van der Waals surface area contributed by atoms with Crippen LogP contribution in [0.4, 0.5) is 0 Å². The fourth-order valence-electron chi connectivity index (χ4n) is 2.09. The van der Waals surface area contributed by atoms with Gasteiger partial charge in [0, 0.05) is 11.8 Å². The normalized spacial score (nSPS) is 12.6. The number of H-pyrrole nitrogens is 1. The van der Waals surface area contributed by atoms with Crippen molar-refractivity contribution in [2.45, 2.75) is 32.0 Å². The van der Waals surface area contributed by atoms with Crippen LogP contribution in [0.2, 0.25) is 0 Å². The molecule has 4 nitrogen and oxygen atoms in total. The third-order valence-electron chi connectivity index (χ3n) is 3.10. The largest absolute Gasteiger partial charge is 0.312 e. The van der Waals surface area contributed by atoms with Gasteiger partial charge >= 0.3 is 0 Å². The van der Waals surface area contributed by atoms with Gasteiger partial charge in [-0.2, -0.15) is 0 Å². The summed E-state index contributed by atoms with van der Waals surface area (Å²) in [5.74, 6) is 1.77. The molecule has 0 amide bonds. The maximum atomic E-state index is 4.32. The standard InChI is InChI=1S/C14H20N4S/c1-9-5-6-12(10(2)7-9)13(15-4)8-19-14-16-11(3)17-18-14/h5-7,13,15H,8H2,1-4H3,(H,16,17,18). The Labute approximate surface area is 118 Å². The molecule has 0 saturated heterocycles. The van der Waals surface area contributed by atoms with Crippen LogP contribution < -0.4 is 5.32 Å². The molecule has 0 bridgehead atoms. The Hall–Kier alpha value is -1.33. The maximum absolute atomic E-state index is 4.32. The van der Waals surface area contributed by atoms with Crippen LogP contribution in [-0.2, 0) is 0 Å². The number of hydrogen-bond acceptors (Lipinski definition) is 4. The van der Waals surface area contributed by atoms with Crippen LogP contribution in [0.5, 0.6) is 0 Å². The minimum Gasteiger partial charge on any atom is -0.312 e. The third kappa shape index (κ3) is 3.58. The van der Waals surface area contributed by atoms with Gasteiger partial charge in [-0.15, -0.1) is 5.10 Å². The summed E-state index contributed by atoms with van der Waals surface area (Å²) in [5.41, 5.74) is 3.97. The molecule has 2 aromatic rings. The minimum absolute atomic E-state index is 0.310. The molecule has 1 atom stereocenters. The van der Waals surface area contributed by atoms with E-state index in [0.717, 1.165) is 16.7 Å². The lowest BCUT2D eigenvalue weighted by Crippen LogP contribution is -2.19. The second-order valence-corrected chi connectivity index (χ2v) is 5.70. The van der Waals surface area contributed by atoms with Gasteiger partial charge in [0.15, 0.2) is 0 Å². The average Bonchev–Trinajstić information content (AvgIpc) is 2.78. The Balaban J connectivity index is 2.07. The highest BCUT2D eigenvalue weighted by Crippen LogP contribution is 2.24. The molecule has 2 N–H and O–H groups in total. The molecule has 1 heterocycles. The molecule has 2 rings (SSSR count). The van der Waals surface area contributed by atoms with Crippen molar-refractivity contribution in [3.05, 3.63) is 40.7 Å². The van der Waals surface area contributed by atoms with Gasteiger partial charge in [-0.1, -0.05) is 35.5 Å². The van der Waals surface area contributed by atoms with E-state index in [1.165, 1.54) is 16.7 Å². The molecule has 5 heteroatoms. The molecule has 0 aliphatic heterocycles. The maximum Gasteiger partial charge on any atom is 0.208 e. The Morgan fingerprint density at radius 2 is 2.11 bits per heavy atom. The van der Waals surface area contributed by atoms with Crippen molar-refractivity contribution in [2.75, 3.05) is 12.8 Å². The number of rotatable bonds is 5. The topological polar surface area (TPSA) is 53.6 Å². The molecular formula is C14H20N4S. The summed E-state index contributed by atoms with van der Waals surface area (Å²) in [6, 6.07) is 6.90.